The highest BCUT2D eigenvalue weighted by Gasteiger charge is 2.28. The quantitative estimate of drug-likeness (QED) is 0.501. The van der Waals surface area contributed by atoms with Crippen LogP contribution in [0.3, 0.4) is 0 Å². The Labute approximate surface area is 193 Å². The normalized spacial score (nSPS) is 14.4. The van der Waals surface area contributed by atoms with Gasteiger partial charge in [-0.05, 0) is 30.5 Å². The predicted molar refractivity (Wildman–Crippen MR) is 117 cm³/mol. The van der Waals surface area contributed by atoms with Crippen molar-refractivity contribution in [2.75, 3.05) is 13.1 Å². The molecule has 0 N–H and O–H groups in total. The Balaban J connectivity index is 1.31. The van der Waals surface area contributed by atoms with Gasteiger partial charge in [0.2, 0.25) is 5.91 Å². The van der Waals surface area contributed by atoms with Crippen molar-refractivity contribution in [3.05, 3.63) is 70.7 Å². The molecule has 1 saturated heterocycles. The largest absolute Gasteiger partial charge is 0.442 e. The molecule has 8 nitrogen and oxygen atoms in total. The minimum atomic E-state index is -2.89. The molecule has 1 amide bonds. The zero-order chi connectivity index (χ0) is 24.1. The van der Waals surface area contributed by atoms with Crippen LogP contribution in [0.15, 0.2) is 63.9 Å². The number of hydrogen-bond donors (Lipinski definition) is 0. The molecule has 2 aromatic carbocycles. The van der Waals surface area contributed by atoms with Gasteiger partial charge in [-0.2, -0.15) is 8.78 Å². The third kappa shape index (κ3) is 5.56. The average molecular weight is 471 g/mol. The van der Waals surface area contributed by atoms with Crippen LogP contribution in [0.2, 0.25) is 0 Å². The fraction of sp³-hybridized carbons (Fsp3) is 0.333. The summed E-state index contributed by atoms with van der Waals surface area (Å²) in [7, 11) is 0. The van der Waals surface area contributed by atoms with Crippen molar-refractivity contribution in [3.8, 4) is 17.1 Å². The van der Waals surface area contributed by atoms with E-state index in [1.54, 1.807) is 41.3 Å². The number of amides is 1. The molecule has 1 aliphatic heterocycles. The molecule has 1 aliphatic rings. The Morgan fingerprint density at radius 2 is 1.74 bits per heavy atom. The molecule has 0 saturated carbocycles. The van der Waals surface area contributed by atoms with Crippen LogP contribution >= 0.6 is 0 Å². The summed E-state index contributed by atoms with van der Waals surface area (Å²) in [5.41, 5.74) is 1.38. The van der Waals surface area contributed by atoms with Gasteiger partial charge in [0.1, 0.15) is 18.1 Å². The van der Waals surface area contributed by atoms with E-state index in [0.29, 0.717) is 37.1 Å². The first-order valence-electron chi connectivity index (χ1n) is 10.9. The van der Waals surface area contributed by atoms with Crippen molar-refractivity contribution >= 4 is 11.7 Å². The zero-order valence-electron chi connectivity index (χ0n) is 18.2. The van der Waals surface area contributed by atoms with Gasteiger partial charge in [-0.1, -0.05) is 47.6 Å². The third-order valence-electron chi connectivity index (χ3n) is 5.84. The lowest BCUT2D eigenvalue weighted by Gasteiger charge is -2.31. The molecule has 1 fully saturated rings. The Hall–Kier alpha value is -3.82. The summed E-state index contributed by atoms with van der Waals surface area (Å²) in [6, 6.07) is 15.0. The Morgan fingerprint density at radius 1 is 1.06 bits per heavy atom. The van der Waals surface area contributed by atoms with Gasteiger partial charge >= 0.3 is 12.4 Å². The van der Waals surface area contributed by atoms with E-state index in [-0.39, 0.29) is 42.1 Å². The maximum Gasteiger partial charge on any atom is 0.442 e. The van der Waals surface area contributed by atoms with Crippen LogP contribution in [0.25, 0.3) is 11.4 Å². The average Bonchev–Trinajstić information content (AvgIpc) is 3.20. The number of halogens is 2. The number of Topliss-reactive ketones (excluding diaryl/α,β-unsaturated/α-hetero) is 1. The highest BCUT2D eigenvalue weighted by atomic mass is 19.3. The van der Waals surface area contributed by atoms with Crippen molar-refractivity contribution in [1.82, 2.24) is 14.6 Å². The molecule has 34 heavy (non-hydrogen) atoms. The van der Waals surface area contributed by atoms with E-state index in [4.69, 9.17) is 4.52 Å². The minimum Gasteiger partial charge on any atom is -0.435 e. The Bertz CT molecular complexity index is 1180. The molecule has 0 aliphatic carbocycles. The second kappa shape index (κ2) is 10.4. The van der Waals surface area contributed by atoms with Gasteiger partial charge in [0.05, 0.1) is 0 Å². The molecule has 178 valence electrons. The topological polar surface area (TPSA) is 94.6 Å². The first-order valence-corrected chi connectivity index (χ1v) is 10.9. The highest BCUT2D eigenvalue weighted by molar-refractivity contribution is 5.84. The lowest BCUT2D eigenvalue weighted by molar-refractivity contribution is -0.135. The number of hydrogen-bond acceptors (Lipinski definition) is 6. The molecule has 10 heteroatoms. The number of likely N-dealkylation sites (tertiary alicyclic amines) is 1. The van der Waals surface area contributed by atoms with E-state index in [1.807, 2.05) is 6.07 Å². The van der Waals surface area contributed by atoms with Crippen molar-refractivity contribution in [2.24, 2.45) is 5.92 Å². The lowest BCUT2D eigenvalue weighted by Crippen LogP contribution is -2.42. The number of aromatic nitrogens is 2. The number of benzene rings is 2. The number of alkyl halides is 2. The maximum absolute atomic E-state index is 12.8. The van der Waals surface area contributed by atoms with Gasteiger partial charge in [0.25, 0.3) is 0 Å². The van der Waals surface area contributed by atoms with E-state index in [2.05, 4.69) is 9.89 Å². The van der Waals surface area contributed by atoms with Gasteiger partial charge in [-0.15, -0.1) is 0 Å². The molecule has 4 rings (SSSR count). The summed E-state index contributed by atoms with van der Waals surface area (Å²) in [4.78, 5) is 39.2. The Kier molecular flexibility index (Phi) is 7.15. The van der Waals surface area contributed by atoms with E-state index in [1.165, 1.54) is 16.7 Å². The lowest BCUT2D eigenvalue weighted by atomic mass is 9.89. The smallest absolute Gasteiger partial charge is 0.435 e. The van der Waals surface area contributed by atoms with Gasteiger partial charge in [-0.3, -0.25) is 14.1 Å². The summed E-state index contributed by atoms with van der Waals surface area (Å²) in [6.45, 7) is -2.29. The Morgan fingerprint density at radius 3 is 2.38 bits per heavy atom. The number of carbonyl (C=O) groups excluding carboxylic acids is 2. The summed E-state index contributed by atoms with van der Waals surface area (Å²) >= 11 is 0. The fourth-order valence-electron chi connectivity index (χ4n) is 4.02. The van der Waals surface area contributed by atoms with Gasteiger partial charge < -0.3 is 9.64 Å². The van der Waals surface area contributed by atoms with Crippen molar-refractivity contribution in [3.63, 3.8) is 0 Å². The molecule has 2 heterocycles. The van der Waals surface area contributed by atoms with E-state index in [9.17, 15) is 23.2 Å². The number of ether oxygens (including phenoxy) is 1. The van der Waals surface area contributed by atoms with Crippen LogP contribution in [0.5, 0.6) is 5.75 Å². The predicted octanol–water partition coefficient (Wildman–Crippen LogP) is 3.16. The number of ketones is 1. The van der Waals surface area contributed by atoms with Crippen molar-refractivity contribution in [2.45, 2.75) is 32.4 Å². The first kappa shape index (κ1) is 23.3. The van der Waals surface area contributed by atoms with Crippen molar-refractivity contribution in [1.29, 1.82) is 0 Å². The fourth-order valence-corrected chi connectivity index (χ4v) is 4.02. The number of rotatable bonds is 8. The molecular formula is C24H23F2N3O5. The van der Waals surface area contributed by atoms with Crippen LogP contribution < -0.4 is 10.5 Å². The van der Waals surface area contributed by atoms with Gasteiger partial charge in [-0.25, -0.2) is 9.36 Å². The molecule has 0 spiro atoms. The van der Waals surface area contributed by atoms with Crippen molar-refractivity contribution < 1.29 is 27.6 Å². The standard InChI is InChI=1S/C24H23F2N3O5/c25-23(26)33-19-8-6-16(7-9-19)14-20(30)17-10-12-28(13-11-17)21(31)15-29-22(27-34-24(29)32)18-4-2-1-3-5-18/h1-9,17,23H,10-15H2. The third-order valence-corrected chi connectivity index (χ3v) is 5.84. The maximum atomic E-state index is 12.8. The second-order valence-electron chi connectivity index (χ2n) is 8.04. The number of carbonyl (C=O) groups is 2. The minimum absolute atomic E-state index is 0.0382. The molecular weight excluding hydrogens is 448 g/mol. The molecule has 0 bridgehead atoms. The summed E-state index contributed by atoms with van der Waals surface area (Å²) in [5, 5.41) is 3.79. The summed E-state index contributed by atoms with van der Waals surface area (Å²) < 4.78 is 34.8. The molecule has 0 radical (unpaired) electrons. The SMILES string of the molecule is O=C(Cc1ccc(OC(F)F)cc1)C1CCN(C(=O)Cn2c(-c3ccccc3)noc2=O)CC1. The van der Waals surface area contributed by atoms with Gasteiger partial charge in [0, 0.05) is 31.0 Å². The van der Waals surface area contributed by atoms with Gasteiger partial charge in [0.15, 0.2) is 5.82 Å². The molecule has 3 aromatic rings. The van der Waals surface area contributed by atoms with Crippen LogP contribution in [-0.2, 0) is 22.6 Å². The van der Waals surface area contributed by atoms with Crippen LogP contribution in [0.1, 0.15) is 18.4 Å². The monoisotopic (exact) mass is 471 g/mol. The van der Waals surface area contributed by atoms with E-state index >= 15 is 0 Å². The summed E-state index contributed by atoms with van der Waals surface area (Å²) in [5.74, 6) is -0.782. The summed E-state index contributed by atoms with van der Waals surface area (Å²) in [6.07, 6.45) is 1.21. The number of piperidine rings is 1. The zero-order valence-corrected chi connectivity index (χ0v) is 18.2. The van der Waals surface area contributed by atoms with E-state index < -0.39 is 12.4 Å². The van der Waals surface area contributed by atoms with E-state index in [0.717, 1.165) is 0 Å². The molecule has 0 unspecified atom stereocenters. The number of nitrogens with zero attached hydrogens (tertiary/aromatic N) is 3. The first-order chi connectivity index (χ1) is 16.4. The highest BCUT2D eigenvalue weighted by Crippen LogP contribution is 2.22. The molecule has 1 aromatic heterocycles. The van der Waals surface area contributed by atoms with Crippen LogP contribution in [0.4, 0.5) is 8.78 Å². The van der Waals surface area contributed by atoms with Crippen LogP contribution in [0, 0.1) is 5.92 Å². The van der Waals surface area contributed by atoms with Crippen LogP contribution in [-0.4, -0.2) is 46.0 Å². The second-order valence-corrected chi connectivity index (χ2v) is 8.04. The molecule has 0 atom stereocenters.